The molecule has 0 amide bonds. The zero-order valence-electron chi connectivity index (χ0n) is 49.0. The van der Waals surface area contributed by atoms with Crippen LogP contribution in [-0.2, 0) is 40.9 Å². The third-order valence-electron chi connectivity index (χ3n) is 20.4. The second-order valence-corrected chi connectivity index (χ2v) is 28.4. The second-order valence-electron chi connectivity index (χ2n) is 28.4. The van der Waals surface area contributed by atoms with E-state index >= 15 is 0 Å². The standard InChI is InChI=1S/C75H78BN3/c1-70(2,3)52-29-33-56(34-30-52)77-66-44-57(79-64-28-20-19-27-60(64)74(11)37-21-22-38-75(74,79)12)45-67-68(66)76(62-41-49-39-50-46-72(7,8)47-51(50)40-59(49)69(62)77)61-35-31-55(73(9,10)53-25-17-14-18-26-53)43-65(61)78(67)63-36-32-54(71(4,5)6)42-58(63)48-23-15-13-16-24-48/h13-20,23-36,39-40,42-45H,21-22,37-38,41,46-47H2,1-12H3. The molecule has 3 nitrogen and oxygen atoms in total. The molecule has 8 aromatic carbocycles. The third kappa shape index (κ3) is 7.51. The predicted octanol–water partition coefficient (Wildman–Crippen LogP) is 18.2. The summed E-state index contributed by atoms with van der Waals surface area (Å²) in [4.78, 5) is 8.32. The lowest BCUT2D eigenvalue weighted by atomic mass is 9.32. The number of fused-ring (bicyclic) bond motifs is 9. The van der Waals surface area contributed by atoms with E-state index < -0.39 is 0 Å². The third-order valence-corrected chi connectivity index (χ3v) is 20.4. The van der Waals surface area contributed by atoms with Crippen molar-refractivity contribution < 1.29 is 0 Å². The molecule has 0 spiro atoms. The van der Waals surface area contributed by atoms with Gasteiger partial charge in [0.1, 0.15) is 0 Å². The van der Waals surface area contributed by atoms with Gasteiger partial charge in [0.15, 0.2) is 0 Å². The van der Waals surface area contributed by atoms with Crippen LogP contribution in [-0.4, -0.2) is 12.3 Å². The maximum absolute atomic E-state index is 2.83. The molecule has 0 saturated heterocycles. The average molecular weight is 1030 g/mol. The monoisotopic (exact) mass is 1030 g/mol. The minimum atomic E-state index is -0.266. The molecule has 6 aliphatic rings. The number of hydrogen-bond acceptors (Lipinski definition) is 3. The first-order valence-electron chi connectivity index (χ1n) is 29.7. The Hall–Kier alpha value is -7.04. The highest BCUT2D eigenvalue weighted by Gasteiger charge is 2.58. The molecule has 0 radical (unpaired) electrons. The van der Waals surface area contributed by atoms with Gasteiger partial charge in [-0.1, -0.05) is 210 Å². The van der Waals surface area contributed by atoms with Crippen LogP contribution in [0.2, 0.25) is 0 Å². The Morgan fingerprint density at radius 3 is 1.78 bits per heavy atom. The van der Waals surface area contributed by atoms with Gasteiger partial charge in [-0.25, -0.2) is 0 Å². The summed E-state index contributed by atoms with van der Waals surface area (Å²) in [5, 5.41) is 0. The Balaban J connectivity index is 1.12. The first kappa shape index (κ1) is 50.2. The van der Waals surface area contributed by atoms with Crippen molar-refractivity contribution in [3.63, 3.8) is 0 Å². The van der Waals surface area contributed by atoms with Crippen molar-refractivity contribution in [1.82, 2.24) is 0 Å². The van der Waals surface area contributed by atoms with Crippen molar-refractivity contribution in [3.05, 3.63) is 225 Å². The fourth-order valence-corrected chi connectivity index (χ4v) is 15.8. The number of para-hydroxylation sites is 1. The zero-order valence-corrected chi connectivity index (χ0v) is 49.0. The van der Waals surface area contributed by atoms with E-state index in [0.717, 1.165) is 25.7 Å². The Bertz CT molecular complexity index is 3830. The van der Waals surface area contributed by atoms with Gasteiger partial charge in [0.25, 0.3) is 0 Å². The maximum Gasteiger partial charge on any atom is 0.247 e. The highest BCUT2D eigenvalue weighted by Crippen LogP contribution is 2.62. The van der Waals surface area contributed by atoms with Crippen molar-refractivity contribution in [2.24, 2.45) is 5.41 Å². The van der Waals surface area contributed by atoms with Crippen molar-refractivity contribution in [2.45, 2.75) is 155 Å². The van der Waals surface area contributed by atoms with Crippen LogP contribution in [0.4, 0.5) is 39.8 Å². The topological polar surface area (TPSA) is 9.72 Å². The molecule has 0 aromatic heterocycles. The molecule has 0 bridgehead atoms. The van der Waals surface area contributed by atoms with Crippen molar-refractivity contribution in [1.29, 1.82) is 0 Å². The average Bonchev–Trinajstić information content (AvgIpc) is 2.76. The molecule has 8 aromatic rings. The largest absolute Gasteiger partial charge is 0.334 e. The van der Waals surface area contributed by atoms with Gasteiger partial charge in [-0.05, 0) is 171 Å². The second kappa shape index (κ2) is 17.2. The van der Waals surface area contributed by atoms with Crippen LogP contribution < -0.4 is 25.6 Å². The molecule has 79 heavy (non-hydrogen) atoms. The summed E-state index contributed by atoms with van der Waals surface area (Å²) in [7, 11) is 0. The zero-order chi connectivity index (χ0) is 54.8. The fourth-order valence-electron chi connectivity index (χ4n) is 15.8. The summed E-state index contributed by atoms with van der Waals surface area (Å²) in [6.45, 7) is 29.0. The summed E-state index contributed by atoms with van der Waals surface area (Å²) < 4.78 is 0. The summed E-state index contributed by atoms with van der Waals surface area (Å²) in [6.07, 6.45) is 7.93. The van der Waals surface area contributed by atoms with Gasteiger partial charge in [-0.3, -0.25) is 0 Å². The van der Waals surface area contributed by atoms with Gasteiger partial charge in [0, 0.05) is 61.8 Å². The van der Waals surface area contributed by atoms with E-state index in [1.165, 1.54) is 142 Å². The quantitative estimate of drug-likeness (QED) is 0.154. The van der Waals surface area contributed by atoms with Crippen LogP contribution in [0, 0.1) is 5.41 Å². The lowest BCUT2D eigenvalue weighted by molar-refractivity contribution is 0.195. The van der Waals surface area contributed by atoms with Crippen LogP contribution in [0.3, 0.4) is 0 Å². The number of allylic oxidation sites excluding steroid dienone is 1. The first-order chi connectivity index (χ1) is 37.6. The molecule has 1 fully saturated rings. The van der Waals surface area contributed by atoms with E-state index in [0.29, 0.717) is 0 Å². The van der Waals surface area contributed by atoms with Gasteiger partial charge in [-0.2, -0.15) is 0 Å². The molecule has 3 aliphatic heterocycles. The fraction of sp³-hybridized carbons (Fsp3) is 0.333. The SMILES string of the molecule is CC1(C)Cc2cc3c(cc2C1)C1=C(C3)B2c3ccc(C(C)(C)c4ccccc4)cc3N(c3ccc(C(C)(C)C)cc3-c3ccccc3)c3cc(N4c5ccccc5C5(C)CCCCC45C)cc(c32)N1c1ccc(C(C)(C)C)cc1. The number of anilines is 7. The highest BCUT2D eigenvalue weighted by molar-refractivity contribution is 6.96. The summed E-state index contributed by atoms with van der Waals surface area (Å²) in [5.74, 6) is 0. The number of rotatable bonds is 6. The molecule has 1 saturated carbocycles. The van der Waals surface area contributed by atoms with Crippen molar-refractivity contribution in [2.75, 3.05) is 14.7 Å². The molecule has 0 N–H and O–H groups in total. The van der Waals surface area contributed by atoms with Gasteiger partial charge in [0.2, 0.25) is 6.71 Å². The van der Waals surface area contributed by atoms with Crippen molar-refractivity contribution in [3.8, 4) is 11.1 Å². The maximum atomic E-state index is 2.83. The Morgan fingerprint density at radius 1 is 0.456 bits per heavy atom. The molecule has 396 valence electrons. The van der Waals surface area contributed by atoms with E-state index in [4.69, 9.17) is 0 Å². The smallest absolute Gasteiger partial charge is 0.247 e. The lowest BCUT2D eigenvalue weighted by Gasteiger charge is -2.51. The molecule has 14 rings (SSSR count). The molecular formula is C75H78BN3. The Morgan fingerprint density at radius 2 is 1.08 bits per heavy atom. The van der Waals surface area contributed by atoms with Crippen LogP contribution in [0.1, 0.15) is 159 Å². The molecule has 3 aliphatic carbocycles. The highest BCUT2D eigenvalue weighted by atomic mass is 15.3. The van der Waals surface area contributed by atoms with Gasteiger partial charge in [-0.15, -0.1) is 0 Å². The van der Waals surface area contributed by atoms with Crippen molar-refractivity contribution >= 4 is 63.1 Å². The summed E-state index contributed by atoms with van der Waals surface area (Å²) >= 11 is 0. The minimum absolute atomic E-state index is 0.0122. The minimum Gasteiger partial charge on any atom is -0.334 e. The Labute approximate surface area is 472 Å². The summed E-state index contributed by atoms with van der Waals surface area (Å²) in [5.41, 5.74) is 29.6. The lowest BCUT2D eigenvalue weighted by Crippen LogP contribution is -2.56. The van der Waals surface area contributed by atoms with Crippen LogP contribution >= 0.6 is 0 Å². The van der Waals surface area contributed by atoms with E-state index in [2.05, 4.69) is 268 Å². The van der Waals surface area contributed by atoms with Crippen LogP contribution in [0.25, 0.3) is 16.8 Å². The van der Waals surface area contributed by atoms with E-state index in [1.807, 2.05) is 0 Å². The van der Waals surface area contributed by atoms with E-state index in [1.54, 1.807) is 0 Å². The van der Waals surface area contributed by atoms with Gasteiger partial charge >= 0.3 is 0 Å². The number of nitrogens with zero attached hydrogens (tertiary/aromatic N) is 3. The normalized spacial score (nSPS) is 20.6. The van der Waals surface area contributed by atoms with E-state index in [9.17, 15) is 0 Å². The van der Waals surface area contributed by atoms with Crippen LogP contribution in [0.5, 0.6) is 0 Å². The number of benzene rings is 8. The Kier molecular flexibility index (Phi) is 11.0. The predicted molar refractivity (Wildman–Crippen MR) is 337 cm³/mol. The van der Waals surface area contributed by atoms with Crippen LogP contribution in [0.15, 0.2) is 175 Å². The first-order valence-corrected chi connectivity index (χ1v) is 29.7. The van der Waals surface area contributed by atoms with Gasteiger partial charge in [0.05, 0.1) is 11.2 Å². The molecule has 2 atom stereocenters. The molecule has 2 unspecified atom stereocenters. The van der Waals surface area contributed by atoms with E-state index in [-0.39, 0.29) is 39.3 Å². The summed E-state index contributed by atoms with van der Waals surface area (Å²) in [6, 6.07) is 67.2. The van der Waals surface area contributed by atoms with Gasteiger partial charge < -0.3 is 14.7 Å². The molecule has 3 heterocycles. The molecule has 4 heteroatoms. The molecular weight excluding hydrogens is 954 g/mol. The number of hydrogen-bond donors (Lipinski definition) is 0.